The molecule has 3 rings (SSSR count). The molecule has 2 N–H and O–H groups in total. The minimum atomic E-state index is -0.173. The van der Waals surface area contributed by atoms with Gasteiger partial charge in [0.05, 0.1) is 0 Å². The van der Waals surface area contributed by atoms with Crippen LogP contribution >= 0.6 is 11.6 Å². The number of anilines is 1. The van der Waals surface area contributed by atoms with Gasteiger partial charge in [0.15, 0.2) is 11.5 Å². The minimum absolute atomic E-state index is 0.173. The second-order valence-electron chi connectivity index (χ2n) is 6.40. The second kappa shape index (κ2) is 8.14. The first-order valence-corrected chi connectivity index (χ1v) is 8.89. The van der Waals surface area contributed by atoms with Gasteiger partial charge in [-0.05, 0) is 36.2 Å². The third-order valence-electron chi connectivity index (χ3n) is 3.74. The minimum Gasteiger partial charge on any atom is -0.368 e. The van der Waals surface area contributed by atoms with Gasteiger partial charge in [0.25, 0.3) is 5.91 Å². The third kappa shape index (κ3) is 4.49. The van der Waals surface area contributed by atoms with Crippen molar-refractivity contribution >= 4 is 29.0 Å². The highest BCUT2D eigenvalue weighted by atomic mass is 35.5. The molecule has 8 heteroatoms. The third-order valence-corrected chi connectivity index (χ3v) is 3.97. The number of hydrogen-bond acceptors (Lipinski definition) is 5. The van der Waals surface area contributed by atoms with E-state index in [0.717, 1.165) is 12.4 Å². The molecule has 1 aromatic carbocycles. The van der Waals surface area contributed by atoms with E-state index in [4.69, 9.17) is 11.6 Å². The lowest BCUT2D eigenvalue weighted by atomic mass is 10.2. The molecule has 0 bridgehead atoms. The van der Waals surface area contributed by atoms with Gasteiger partial charge in [-0.1, -0.05) is 31.5 Å². The summed E-state index contributed by atoms with van der Waals surface area (Å²) in [5.41, 5.74) is 1.21. The molecule has 0 aliphatic heterocycles. The summed E-state index contributed by atoms with van der Waals surface area (Å²) >= 11 is 5.91. The van der Waals surface area contributed by atoms with Crippen molar-refractivity contribution in [2.45, 2.75) is 20.3 Å². The first-order valence-electron chi connectivity index (χ1n) is 8.52. The normalized spacial score (nSPS) is 11.1. The maximum absolute atomic E-state index is 12.2. The lowest BCUT2D eigenvalue weighted by Crippen LogP contribution is -2.26. The van der Waals surface area contributed by atoms with E-state index < -0.39 is 0 Å². The molecule has 0 atom stereocenters. The Kier molecular flexibility index (Phi) is 5.68. The number of halogens is 1. The predicted octanol–water partition coefficient (Wildman–Crippen LogP) is 2.82. The summed E-state index contributed by atoms with van der Waals surface area (Å²) in [7, 11) is 0. The number of rotatable bonds is 7. The fourth-order valence-electron chi connectivity index (χ4n) is 2.41. The van der Waals surface area contributed by atoms with Crippen molar-refractivity contribution in [2.75, 3.05) is 18.4 Å². The smallest absolute Gasteiger partial charge is 0.251 e. The van der Waals surface area contributed by atoms with Gasteiger partial charge in [-0.15, -0.1) is 15.3 Å². The number of fused-ring (bicyclic) bond motifs is 1. The average Bonchev–Trinajstić information content (AvgIpc) is 3.02. The van der Waals surface area contributed by atoms with Gasteiger partial charge in [-0.25, -0.2) is 0 Å². The summed E-state index contributed by atoms with van der Waals surface area (Å²) in [5.74, 6) is 1.82. The van der Waals surface area contributed by atoms with E-state index in [9.17, 15) is 4.79 Å². The summed E-state index contributed by atoms with van der Waals surface area (Å²) in [6.07, 6.45) is 0.522. The van der Waals surface area contributed by atoms with Crippen molar-refractivity contribution < 1.29 is 4.79 Å². The highest BCUT2D eigenvalue weighted by Crippen LogP contribution is 2.11. The maximum atomic E-state index is 12.2. The van der Waals surface area contributed by atoms with Crippen molar-refractivity contribution in [2.24, 2.45) is 5.92 Å². The number of hydrogen-bond donors (Lipinski definition) is 2. The lowest BCUT2D eigenvalue weighted by molar-refractivity contribution is 0.0954. The maximum Gasteiger partial charge on any atom is 0.251 e. The van der Waals surface area contributed by atoms with Gasteiger partial charge in [-0.2, -0.15) is 4.52 Å². The van der Waals surface area contributed by atoms with E-state index in [0.29, 0.717) is 40.9 Å². The van der Waals surface area contributed by atoms with Gasteiger partial charge in [0.1, 0.15) is 5.82 Å². The van der Waals surface area contributed by atoms with Gasteiger partial charge in [-0.3, -0.25) is 4.79 Å². The highest BCUT2D eigenvalue weighted by molar-refractivity contribution is 6.30. The van der Waals surface area contributed by atoms with E-state index in [-0.39, 0.29) is 5.91 Å². The molecule has 0 fully saturated rings. The van der Waals surface area contributed by atoms with Gasteiger partial charge in [0, 0.05) is 30.1 Å². The first-order chi connectivity index (χ1) is 12.5. The number of carbonyl (C=O) groups is 1. The topological polar surface area (TPSA) is 84.2 Å². The van der Waals surface area contributed by atoms with E-state index in [1.807, 2.05) is 12.1 Å². The molecule has 0 radical (unpaired) electrons. The molecule has 0 aliphatic rings. The van der Waals surface area contributed by atoms with Gasteiger partial charge < -0.3 is 10.6 Å². The zero-order chi connectivity index (χ0) is 18.5. The first kappa shape index (κ1) is 18.1. The molecule has 0 saturated carbocycles. The largest absolute Gasteiger partial charge is 0.368 e. The van der Waals surface area contributed by atoms with Crippen LogP contribution in [0.15, 0.2) is 36.4 Å². The second-order valence-corrected chi connectivity index (χ2v) is 6.83. The predicted molar refractivity (Wildman–Crippen MR) is 102 cm³/mol. The lowest BCUT2D eigenvalue weighted by Gasteiger charge is -2.08. The number of carbonyl (C=O) groups excluding carboxylic acids is 1. The molecule has 2 heterocycles. The Bertz CT molecular complexity index is 908. The van der Waals surface area contributed by atoms with E-state index >= 15 is 0 Å². The van der Waals surface area contributed by atoms with E-state index in [2.05, 4.69) is 39.8 Å². The number of nitrogens with one attached hydrogen (secondary N) is 2. The number of nitrogens with zero attached hydrogens (tertiary/aromatic N) is 4. The molecule has 3 aromatic rings. The number of amides is 1. The summed E-state index contributed by atoms with van der Waals surface area (Å²) in [6, 6.07) is 10.6. The van der Waals surface area contributed by atoms with Crippen LogP contribution in [0.25, 0.3) is 5.65 Å². The zero-order valence-corrected chi connectivity index (χ0v) is 15.5. The summed E-state index contributed by atoms with van der Waals surface area (Å²) in [5, 5.41) is 19.5. The summed E-state index contributed by atoms with van der Waals surface area (Å²) < 4.78 is 1.70. The molecule has 26 heavy (non-hydrogen) atoms. The van der Waals surface area contributed by atoms with Crippen LogP contribution in [-0.2, 0) is 6.42 Å². The fraction of sp³-hybridized carbons (Fsp3) is 0.333. The molecule has 0 unspecified atom stereocenters. The Morgan fingerprint density at radius 3 is 2.85 bits per heavy atom. The molecule has 136 valence electrons. The van der Waals surface area contributed by atoms with Crippen LogP contribution in [-0.4, -0.2) is 38.8 Å². The van der Waals surface area contributed by atoms with Crippen LogP contribution in [0.4, 0.5) is 5.82 Å². The molecule has 0 saturated heterocycles. The molecular formula is C18H21ClN6O. The van der Waals surface area contributed by atoms with E-state index in [1.165, 1.54) is 0 Å². The molecule has 2 aromatic heterocycles. The molecule has 1 amide bonds. The standard InChI is InChI=1S/C18H21ClN6O/c1-12(2)11-21-15-6-7-16-22-23-17(25(16)24-15)8-9-20-18(26)13-4-3-5-14(19)10-13/h3-7,10,12H,8-9,11H2,1-2H3,(H,20,26)(H,21,24). The van der Waals surface area contributed by atoms with E-state index in [1.54, 1.807) is 28.8 Å². The van der Waals surface area contributed by atoms with Crippen LogP contribution in [0.1, 0.15) is 30.0 Å². The SMILES string of the molecule is CC(C)CNc1ccc2nnc(CCNC(=O)c3cccc(Cl)c3)n2n1. The van der Waals surface area contributed by atoms with Crippen molar-refractivity contribution in [3.8, 4) is 0 Å². The zero-order valence-electron chi connectivity index (χ0n) is 14.7. The Labute approximate surface area is 156 Å². The summed E-state index contributed by atoms with van der Waals surface area (Å²) in [6.45, 7) is 5.54. The van der Waals surface area contributed by atoms with Crippen LogP contribution < -0.4 is 10.6 Å². The summed E-state index contributed by atoms with van der Waals surface area (Å²) in [4.78, 5) is 12.2. The number of benzene rings is 1. The monoisotopic (exact) mass is 372 g/mol. The quantitative estimate of drug-likeness (QED) is 0.666. The van der Waals surface area contributed by atoms with Crippen LogP contribution in [0, 0.1) is 5.92 Å². The molecule has 0 spiro atoms. The van der Waals surface area contributed by atoms with Crippen molar-refractivity contribution in [3.05, 3.63) is 52.8 Å². The Morgan fingerprint density at radius 2 is 2.08 bits per heavy atom. The van der Waals surface area contributed by atoms with Gasteiger partial charge >= 0.3 is 0 Å². The highest BCUT2D eigenvalue weighted by Gasteiger charge is 2.10. The average molecular weight is 373 g/mol. The number of aromatic nitrogens is 4. The van der Waals surface area contributed by atoms with Crippen LogP contribution in [0.3, 0.4) is 0 Å². The Balaban J connectivity index is 1.63. The molecule has 7 nitrogen and oxygen atoms in total. The van der Waals surface area contributed by atoms with Crippen molar-refractivity contribution in [1.29, 1.82) is 0 Å². The van der Waals surface area contributed by atoms with Gasteiger partial charge in [0.2, 0.25) is 0 Å². The fourth-order valence-corrected chi connectivity index (χ4v) is 2.60. The van der Waals surface area contributed by atoms with Crippen LogP contribution in [0.2, 0.25) is 5.02 Å². The van der Waals surface area contributed by atoms with Crippen LogP contribution in [0.5, 0.6) is 0 Å². The van der Waals surface area contributed by atoms with Crippen molar-refractivity contribution in [3.63, 3.8) is 0 Å². The molecular weight excluding hydrogens is 352 g/mol. The Hall–Kier alpha value is -2.67. The van der Waals surface area contributed by atoms with Crippen molar-refractivity contribution in [1.82, 2.24) is 25.1 Å². The molecule has 0 aliphatic carbocycles. The Morgan fingerprint density at radius 1 is 1.23 bits per heavy atom.